The molecular formula is C12H25NO. The van der Waals surface area contributed by atoms with Gasteiger partial charge in [-0.25, -0.2) is 0 Å². The lowest BCUT2D eigenvalue weighted by Gasteiger charge is -2.29. The highest BCUT2D eigenvalue weighted by Gasteiger charge is 2.24. The van der Waals surface area contributed by atoms with Gasteiger partial charge in [-0.1, -0.05) is 20.8 Å². The Balaban J connectivity index is 2.46. The summed E-state index contributed by atoms with van der Waals surface area (Å²) in [5.41, 5.74) is 0. The van der Waals surface area contributed by atoms with Crippen LogP contribution in [0.3, 0.4) is 0 Å². The summed E-state index contributed by atoms with van der Waals surface area (Å²) in [6, 6.07) is 0.682. The molecule has 0 aliphatic carbocycles. The standard InChI is InChI=1S/C12H25NO/c1-4-13-12(10(2)3)11-6-5-8-14-9-7-11/h10-13H,4-9H2,1-3H3. The Bertz CT molecular complexity index is 139. The normalized spacial score (nSPS) is 26.1. The van der Waals surface area contributed by atoms with E-state index in [0.29, 0.717) is 6.04 Å². The number of ether oxygens (including phenoxy) is 1. The van der Waals surface area contributed by atoms with Crippen LogP contribution in [0.5, 0.6) is 0 Å². The third kappa shape index (κ3) is 3.58. The SMILES string of the molecule is CCNC(C(C)C)C1CCCOCC1. The summed E-state index contributed by atoms with van der Waals surface area (Å²) in [5.74, 6) is 1.55. The quantitative estimate of drug-likeness (QED) is 0.751. The zero-order valence-electron chi connectivity index (χ0n) is 9.88. The largest absolute Gasteiger partial charge is 0.381 e. The van der Waals surface area contributed by atoms with Crippen LogP contribution in [0.2, 0.25) is 0 Å². The molecule has 0 spiro atoms. The minimum absolute atomic E-state index is 0.682. The third-order valence-corrected chi connectivity index (χ3v) is 3.16. The smallest absolute Gasteiger partial charge is 0.0469 e. The first-order valence-electron chi connectivity index (χ1n) is 6.06. The Morgan fingerprint density at radius 3 is 2.71 bits per heavy atom. The fourth-order valence-electron chi connectivity index (χ4n) is 2.47. The monoisotopic (exact) mass is 199 g/mol. The zero-order valence-corrected chi connectivity index (χ0v) is 9.88. The van der Waals surface area contributed by atoms with Gasteiger partial charge in [0.2, 0.25) is 0 Å². The van der Waals surface area contributed by atoms with Crippen molar-refractivity contribution in [2.75, 3.05) is 19.8 Å². The molecule has 2 atom stereocenters. The molecule has 0 saturated carbocycles. The molecule has 1 fully saturated rings. The Morgan fingerprint density at radius 1 is 1.29 bits per heavy atom. The molecular weight excluding hydrogens is 174 g/mol. The van der Waals surface area contributed by atoms with E-state index in [9.17, 15) is 0 Å². The Labute approximate surface area is 88.4 Å². The number of nitrogens with one attached hydrogen (secondary N) is 1. The maximum absolute atomic E-state index is 5.50. The second-order valence-electron chi connectivity index (χ2n) is 4.63. The van der Waals surface area contributed by atoms with Crippen molar-refractivity contribution in [1.82, 2.24) is 5.32 Å². The van der Waals surface area contributed by atoms with Gasteiger partial charge in [0.25, 0.3) is 0 Å². The van der Waals surface area contributed by atoms with Gasteiger partial charge in [0, 0.05) is 19.3 Å². The third-order valence-electron chi connectivity index (χ3n) is 3.16. The van der Waals surface area contributed by atoms with Crippen LogP contribution in [0.25, 0.3) is 0 Å². The molecule has 14 heavy (non-hydrogen) atoms. The van der Waals surface area contributed by atoms with Crippen LogP contribution < -0.4 is 5.32 Å². The lowest BCUT2D eigenvalue weighted by molar-refractivity contribution is 0.137. The van der Waals surface area contributed by atoms with Crippen LogP contribution in [0.15, 0.2) is 0 Å². The van der Waals surface area contributed by atoms with Crippen molar-refractivity contribution in [3.05, 3.63) is 0 Å². The van der Waals surface area contributed by atoms with Crippen molar-refractivity contribution in [3.63, 3.8) is 0 Å². The van der Waals surface area contributed by atoms with E-state index in [1.807, 2.05) is 0 Å². The van der Waals surface area contributed by atoms with E-state index in [1.54, 1.807) is 0 Å². The van der Waals surface area contributed by atoms with Gasteiger partial charge in [0.1, 0.15) is 0 Å². The summed E-state index contributed by atoms with van der Waals surface area (Å²) in [7, 11) is 0. The van der Waals surface area contributed by atoms with Gasteiger partial charge in [-0.15, -0.1) is 0 Å². The van der Waals surface area contributed by atoms with E-state index >= 15 is 0 Å². The lowest BCUT2D eigenvalue weighted by atomic mass is 9.85. The predicted molar refractivity (Wildman–Crippen MR) is 60.5 cm³/mol. The fraction of sp³-hybridized carbons (Fsp3) is 1.00. The second-order valence-corrected chi connectivity index (χ2v) is 4.63. The molecule has 1 saturated heterocycles. The number of rotatable bonds is 4. The van der Waals surface area contributed by atoms with E-state index in [1.165, 1.54) is 19.3 Å². The molecule has 2 nitrogen and oxygen atoms in total. The van der Waals surface area contributed by atoms with Crippen molar-refractivity contribution >= 4 is 0 Å². The highest BCUT2D eigenvalue weighted by Crippen LogP contribution is 2.23. The summed E-state index contributed by atoms with van der Waals surface area (Å²) < 4.78 is 5.50. The average molecular weight is 199 g/mol. The van der Waals surface area contributed by atoms with Gasteiger partial charge in [0.15, 0.2) is 0 Å². The van der Waals surface area contributed by atoms with E-state index in [4.69, 9.17) is 4.74 Å². The fourth-order valence-corrected chi connectivity index (χ4v) is 2.47. The topological polar surface area (TPSA) is 21.3 Å². The van der Waals surface area contributed by atoms with Crippen LogP contribution in [0.1, 0.15) is 40.0 Å². The zero-order chi connectivity index (χ0) is 10.4. The molecule has 1 rings (SSSR count). The minimum Gasteiger partial charge on any atom is -0.381 e. The molecule has 2 unspecified atom stereocenters. The van der Waals surface area contributed by atoms with Gasteiger partial charge in [-0.3, -0.25) is 0 Å². The summed E-state index contributed by atoms with van der Waals surface area (Å²) in [4.78, 5) is 0. The van der Waals surface area contributed by atoms with Crippen LogP contribution in [0.4, 0.5) is 0 Å². The van der Waals surface area contributed by atoms with E-state index in [-0.39, 0.29) is 0 Å². The maximum atomic E-state index is 5.50. The van der Waals surface area contributed by atoms with Gasteiger partial charge < -0.3 is 10.1 Å². The molecule has 1 aliphatic rings. The van der Waals surface area contributed by atoms with Crippen molar-refractivity contribution in [2.45, 2.75) is 46.1 Å². The summed E-state index contributed by atoms with van der Waals surface area (Å²) in [6.45, 7) is 9.84. The molecule has 1 aliphatic heterocycles. The van der Waals surface area contributed by atoms with E-state index < -0.39 is 0 Å². The predicted octanol–water partition coefficient (Wildman–Crippen LogP) is 2.44. The van der Waals surface area contributed by atoms with Crippen LogP contribution in [-0.4, -0.2) is 25.8 Å². The molecule has 84 valence electrons. The molecule has 1 N–H and O–H groups in total. The molecule has 0 aromatic heterocycles. The van der Waals surface area contributed by atoms with Crippen LogP contribution in [-0.2, 0) is 4.74 Å². The van der Waals surface area contributed by atoms with Crippen LogP contribution in [0, 0.1) is 11.8 Å². The van der Waals surface area contributed by atoms with E-state index in [0.717, 1.165) is 31.6 Å². The van der Waals surface area contributed by atoms with Gasteiger partial charge in [-0.2, -0.15) is 0 Å². The summed E-state index contributed by atoms with van der Waals surface area (Å²) in [6.07, 6.45) is 3.80. The molecule has 0 amide bonds. The molecule has 0 aromatic carbocycles. The lowest BCUT2D eigenvalue weighted by Crippen LogP contribution is -2.40. The van der Waals surface area contributed by atoms with Crippen molar-refractivity contribution in [3.8, 4) is 0 Å². The van der Waals surface area contributed by atoms with Gasteiger partial charge in [0.05, 0.1) is 0 Å². The summed E-state index contributed by atoms with van der Waals surface area (Å²) >= 11 is 0. The Kier molecular flexibility index (Phi) is 5.49. The first kappa shape index (κ1) is 12.0. The molecule has 2 heteroatoms. The maximum Gasteiger partial charge on any atom is 0.0469 e. The minimum atomic E-state index is 0.682. The summed E-state index contributed by atoms with van der Waals surface area (Å²) in [5, 5.41) is 3.62. The Morgan fingerprint density at radius 2 is 2.07 bits per heavy atom. The van der Waals surface area contributed by atoms with Gasteiger partial charge in [-0.05, 0) is 37.6 Å². The first-order valence-corrected chi connectivity index (χ1v) is 6.06. The number of hydrogen-bond acceptors (Lipinski definition) is 2. The number of hydrogen-bond donors (Lipinski definition) is 1. The highest BCUT2D eigenvalue weighted by molar-refractivity contribution is 4.79. The van der Waals surface area contributed by atoms with E-state index in [2.05, 4.69) is 26.1 Å². The van der Waals surface area contributed by atoms with Gasteiger partial charge >= 0.3 is 0 Å². The van der Waals surface area contributed by atoms with Crippen molar-refractivity contribution in [2.24, 2.45) is 11.8 Å². The average Bonchev–Trinajstić information content (AvgIpc) is 2.41. The molecule has 0 aromatic rings. The molecule has 0 radical (unpaired) electrons. The van der Waals surface area contributed by atoms with Crippen molar-refractivity contribution < 1.29 is 4.74 Å². The molecule has 1 heterocycles. The Hall–Kier alpha value is -0.0800. The molecule has 0 bridgehead atoms. The van der Waals surface area contributed by atoms with Crippen LogP contribution >= 0.6 is 0 Å². The first-order chi connectivity index (χ1) is 6.75. The van der Waals surface area contributed by atoms with Crippen molar-refractivity contribution in [1.29, 1.82) is 0 Å². The highest BCUT2D eigenvalue weighted by atomic mass is 16.5. The second kappa shape index (κ2) is 6.41.